The maximum Gasteiger partial charge on any atom is 0.246 e. The zero-order chi connectivity index (χ0) is 26.4. The molecular formula is C29H41N3O4S. The van der Waals surface area contributed by atoms with Gasteiger partial charge in [-0.3, -0.25) is 4.79 Å². The molecule has 0 spiro atoms. The van der Waals surface area contributed by atoms with Crippen LogP contribution in [0.3, 0.4) is 0 Å². The van der Waals surface area contributed by atoms with Gasteiger partial charge in [-0.25, -0.2) is 8.42 Å². The van der Waals surface area contributed by atoms with Crippen molar-refractivity contribution in [2.45, 2.75) is 56.1 Å². The molecule has 1 heterocycles. The molecule has 4 rings (SSSR count). The fraction of sp³-hybridized carbons (Fsp3) is 0.552. The van der Waals surface area contributed by atoms with Crippen molar-refractivity contribution in [3.05, 3.63) is 65.7 Å². The quantitative estimate of drug-likeness (QED) is 0.505. The minimum absolute atomic E-state index is 0.0326. The second-order valence-corrected chi connectivity index (χ2v) is 12.7. The zero-order valence-electron chi connectivity index (χ0n) is 22.3. The molecule has 1 saturated carbocycles. The molecule has 1 aliphatic heterocycles. The molecule has 1 amide bonds. The third-order valence-electron chi connectivity index (χ3n) is 7.84. The fourth-order valence-corrected chi connectivity index (χ4v) is 7.25. The van der Waals surface area contributed by atoms with Gasteiger partial charge in [-0.15, -0.1) is 0 Å². The number of hydrogen-bond donors (Lipinski definition) is 1. The first-order valence-electron chi connectivity index (χ1n) is 13.4. The molecule has 2 unspecified atom stereocenters. The first kappa shape index (κ1) is 27.8. The highest BCUT2D eigenvalue weighted by Crippen LogP contribution is 2.39. The Morgan fingerprint density at radius 1 is 1.03 bits per heavy atom. The highest BCUT2D eigenvalue weighted by molar-refractivity contribution is 7.89. The molecule has 2 aromatic rings. The summed E-state index contributed by atoms with van der Waals surface area (Å²) >= 11 is 0. The predicted molar refractivity (Wildman–Crippen MR) is 146 cm³/mol. The normalized spacial score (nSPS) is 23.7. The molecule has 1 saturated heterocycles. The van der Waals surface area contributed by atoms with Crippen LogP contribution in [0.2, 0.25) is 0 Å². The number of carbonyl (C=O) groups is 1. The maximum absolute atomic E-state index is 12.9. The van der Waals surface area contributed by atoms with E-state index in [2.05, 4.69) is 54.6 Å². The Hall–Kier alpha value is -2.26. The summed E-state index contributed by atoms with van der Waals surface area (Å²) in [7, 11) is 0.780. The number of benzene rings is 2. The van der Waals surface area contributed by atoms with E-state index in [9.17, 15) is 13.2 Å². The van der Waals surface area contributed by atoms with Gasteiger partial charge >= 0.3 is 0 Å². The van der Waals surface area contributed by atoms with Crippen molar-refractivity contribution in [1.29, 1.82) is 0 Å². The molecule has 1 aliphatic carbocycles. The molecule has 8 heteroatoms. The molecule has 37 heavy (non-hydrogen) atoms. The van der Waals surface area contributed by atoms with E-state index < -0.39 is 10.0 Å². The van der Waals surface area contributed by atoms with E-state index in [0.29, 0.717) is 42.3 Å². The number of amides is 1. The first-order valence-corrected chi connectivity index (χ1v) is 14.8. The van der Waals surface area contributed by atoms with Crippen LogP contribution in [-0.4, -0.2) is 70.0 Å². The maximum atomic E-state index is 12.9. The van der Waals surface area contributed by atoms with E-state index in [1.54, 1.807) is 24.3 Å². The van der Waals surface area contributed by atoms with E-state index in [-0.39, 0.29) is 25.2 Å². The molecule has 0 radical (unpaired) electrons. The van der Waals surface area contributed by atoms with Crippen LogP contribution in [0.25, 0.3) is 0 Å². The van der Waals surface area contributed by atoms with Gasteiger partial charge < -0.3 is 15.0 Å². The lowest BCUT2D eigenvalue weighted by Gasteiger charge is -2.37. The van der Waals surface area contributed by atoms with Crippen LogP contribution in [0.1, 0.15) is 49.3 Å². The monoisotopic (exact) mass is 527 g/mol. The van der Waals surface area contributed by atoms with Crippen molar-refractivity contribution in [3.63, 3.8) is 0 Å². The molecule has 0 bridgehead atoms. The van der Waals surface area contributed by atoms with Gasteiger partial charge in [0.2, 0.25) is 15.9 Å². The lowest BCUT2D eigenvalue weighted by atomic mass is 9.76. The van der Waals surface area contributed by atoms with E-state index in [4.69, 9.17) is 4.74 Å². The number of nitrogens with one attached hydrogen (secondary N) is 1. The topological polar surface area (TPSA) is 78.9 Å². The van der Waals surface area contributed by atoms with Gasteiger partial charge in [0.25, 0.3) is 0 Å². The Balaban J connectivity index is 1.17. The van der Waals surface area contributed by atoms with Gasteiger partial charge in [0.1, 0.15) is 6.61 Å². The van der Waals surface area contributed by atoms with Gasteiger partial charge in [-0.1, -0.05) is 48.0 Å². The molecular weight excluding hydrogens is 486 g/mol. The molecule has 1 N–H and O–H groups in total. The molecule has 2 aromatic carbocycles. The van der Waals surface area contributed by atoms with Gasteiger partial charge in [0, 0.05) is 25.7 Å². The smallest absolute Gasteiger partial charge is 0.246 e. The fourth-order valence-electron chi connectivity index (χ4n) is 5.76. The number of rotatable bonds is 10. The van der Waals surface area contributed by atoms with Gasteiger partial charge in [0.05, 0.1) is 11.0 Å². The second kappa shape index (κ2) is 12.5. The van der Waals surface area contributed by atoms with Crippen LogP contribution in [0.5, 0.6) is 0 Å². The van der Waals surface area contributed by atoms with Gasteiger partial charge in [-0.2, -0.15) is 4.31 Å². The van der Waals surface area contributed by atoms with Crippen LogP contribution in [0, 0.1) is 18.8 Å². The third kappa shape index (κ3) is 7.19. The van der Waals surface area contributed by atoms with Gasteiger partial charge in [-0.05, 0) is 82.7 Å². The Morgan fingerprint density at radius 3 is 2.35 bits per heavy atom. The van der Waals surface area contributed by atoms with Crippen LogP contribution >= 0.6 is 0 Å². The van der Waals surface area contributed by atoms with Crippen molar-refractivity contribution in [3.8, 4) is 0 Å². The number of carbonyl (C=O) groups excluding carboxylic acids is 1. The van der Waals surface area contributed by atoms with E-state index in [0.717, 1.165) is 31.2 Å². The van der Waals surface area contributed by atoms with Crippen molar-refractivity contribution in [2.75, 3.05) is 40.3 Å². The van der Waals surface area contributed by atoms with Crippen LogP contribution in [0.15, 0.2) is 59.5 Å². The van der Waals surface area contributed by atoms with E-state index >= 15 is 0 Å². The Morgan fingerprint density at radius 2 is 1.70 bits per heavy atom. The molecule has 0 aromatic heterocycles. The lowest BCUT2D eigenvalue weighted by Crippen LogP contribution is -2.37. The number of nitrogens with zero attached hydrogens (tertiary/aromatic N) is 2. The SMILES string of the molecule is Cc1ccc(S(=O)(=O)N2CCC(OCC(=O)NCC3CCC(C(c4ccccc4)N(C)C)CC3)C2)cc1. The summed E-state index contributed by atoms with van der Waals surface area (Å²) < 4.78 is 33.0. The lowest BCUT2D eigenvalue weighted by molar-refractivity contribution is -0.127. The summed E-state index contributed by atoms with van der Waals surface area (Å²) in [6.45, 7) is 3.25. The average molecular weight is 528 g/mol. The zero-order valence-corrected chi connectivity index (χ0v) is 23.1. The third-order valence-corrected chi connectivity index (χ3v) is 9.72. The molecule has 2 fully saturated rings. The van der Waals surface area contributed by atoms with Crippen molar-refractivity contribution < 1.29 is 17.9 Å². The van der Waals surface area contributed by atoms with Crippen LogP contribution in [0.4, 0.5) is 0 Å². The number of aryl methyl sites for hydroxylation is 1. The molecule has 2 atom stereocenters. The molecule has 2 aliphatic rings. The summed E-state index contributed by atoms with van der Waals surface area (Å²) in [5, 5.41) is 3.04. The van der Waals surface area contributed by atoms with E-state index in [1.807, 2.05) is 6.92 Å². The number of ether oxygens (including phenoxy) is 1. The van der Waals surface area contributed by atoms with Crippen LogP contribution < -0.4 is 5.32 Å². The number of sulfonamides is 1. The second-order valence-electron chi connectivity index (χ2n) is 10.8. The minimum atomic E-state index is -3.54. The predicted octanol–water partition coefficient (Wildman–Crippen LogP) is 4.00. The van der Waals surface area contributed by atoms with Crippen molar-refractivity contribution in [2.24, 2.45) is 11.8 Å². The van der Waals surface area contributed by atoms with Crippen LogP contribution in [-0.2, 0) is 19.6 Å². The summed E-state index contributed by atoms with van der Waals surface area (Å²) in [6.07, 6.45) is 4.86. The first-order chi connectivity index (χ1) is 17.7. The Kier molecular flexibility index (Phi) is 9.40. The summed E-state index contributed by atoms with van der Waals surface area (Å²) in [6, 6.07) is 18.0. The minimum Gasteiger partial charge on any atom is -0.367 e. The Bertz CT molecular complexity index is 1110. The van der Waals surface area contributed by atoms with Crippen molar-refractivity contribution >= 4 is 15.9 Å². The molecule has 7 nitrogen and oxygen atoms in total. The standard InChI is InChI=1S/C29H41N3O4S/c1-22-9-15-27(16-10-22)37(34,35)32-18-17-26(20-32)36-21-28(33)30-19-23-11-13-25(14-12-23)29(31(2)3)24-7-5-4-6-8-24/h4-10,15-16,23,25-26,29H,11-14,17-21H2,1-3H3,(H,30,33). The summed E-state index contributed by atoms with van der Waals surface area (Å²) in [4.78, 5) is 15.1. The Labute approximate surface area is 222 Å². The van der Waals surface area contributed by atoms with Gasteiger partial charge in [0.15, 0.2) is 0 Å². The summed E-state index contributed by atoms with van der Waals surface area (Å²) in [5.74, 6) is 0.979. The highest BCUT2D eigenvalue weighted by Gasteiger charge is 2.33. The van der Waals surface area contributed by atoms with E-state index in [1.165, 1.54) is 9.87 Å². The van der Waals surface area contributed by atoms with Crippen molar-refractivity contribution in [1.82, 2.24) is 14.5 Å². The average Bonchev–Trinajstić information content (AvgIpc) is 3.38. The highest BCUT2D eigenvalue weighted by atomic mass is 32.2. The number of hydrogen-bond acceptors (Lipinski definition) is 5. The largest absolute Gasteiger partial charge is 0.367 e. The summed E-state index contributed by atoms with van der Waals surface area (Å²) in [5.41, 5.74) is 2.39. The molecule has 202 valence electrons.